The Morgan fingerprint density at radius 2 is 1.85 bits per heavy atom. The number of ether oxygens (including phenoxy) is 2. The molecule has 0 radical (unpaired) electrons. The number of nitrogens with one attached hydrogen (secondary N) is 2. The molecule has 0 bridgehead atoms. The highest BCUT2D eigenvalue weighted by Crippen LogP contribution is 2.33. The molecule has 1 aliphatic carbocycles. The molecule has 4 rings (SSSR count). The largest absolute Gasteiger partial charge is 0.497 e. The van der Waals surface area contributed by atoms with E-state index < -0.39 is 10.0 Å². The number of aromatic nitrogens is 1. The predicted octanol–water partition coefficient (Wildman–Crippen LogP) is 4.38. The normalized spacial score (nSPS) is 13.8. The van der Waals surface area contributed by atoms with Crippen LogP contribution >= 0.6 is 11.3 Å². The van der Waals surface area contributed by atoms with E-state index in [0.717, 1.165) is 24.2 Å². The zero-order chi connectivity index (χ0) is 23.6. The summed E-state index contributed by atoms with van der Waals surface area (Å²) in [6.07, 6.45) is 5.16. The van der Waals surface area contributed by atoms with E-state index in [1.165, 1.54) is 20.3 Å². The molecule has 0 spiro atoms. The van der Waals surface area contributed by atoms with Crippen LogP contribution in [0.5, 0.6) is 11.5 Å². The van der Waals surface area contributed by atoms with Gasteiger partial charge in [0.25, 0.3) is 10.0 Å². The van der Waals surface area contributed by atoms with E-state index in [0.29, 0.717) is 39.2 Å². The zero-order valence-electron chi connectivity index (χ0n) is 18.2. The Kier molecular flexibility index (Phi) is 6.43. The van der Waals surface area contributed by atoms with Gasteiger partial charge < -0.3 is 19.3 Å². The maximum atomic E-state index is 12.9. The summed E-state index contributed by atoms with van der Waals surface area (Å²) in [5.41, 5.74) is 1.43. The highest BCUT2D eigenvalue weighted by molar-refractivity contribution is 7.94. The van der Waals surface area contributed by atoms with Crippen molar-refractivity contribution in [1.82, 2.24) is 5.16 Å². The van der Waals surface area contributed by atoms with Crippen molar-refractivity contribution in [1.29, 1.82) is 0 Å². The van der Waals surface area contributed by atoms with Crippen LogP contribution in [0.1, 0.15) is 29.2 Å². The lowest BCUT2D eigenvalue weighted by atomic mass is 10.2. The number of anilines is 2. The molecule has 2 aromatic heterocycles. The molecular weight excluding hydrogens is 466 g/mol. The van der Waals surface area contributed by atoms with Gasteiger partial charge in [-0.1, -0.05) is 5.16 Å². The van der Waals surface area contributed by atoms with Crippen molar-refractivity contribution in [2.24, 2.45) is 5.92 Å². The van der Waals surface area contributed by atoms with Gasteiger partial charge in [0.2, 0.25) is 5.91 Å². The van der Waals surface area contributed by atoms with Crippen LogP contribution in [0.4, 0.5) is 11.4 Å². The number of rotatable bonds is 9. The average molecular weight is 490 g/mol. The third-order valence-corrected chi connectivity index (χ3v) is 7.88. The molecule has 1 saturated carbocycles. The molecule has 0 unspecified atom stereocenters. The van der Waals surface area contributed by atoms with Gasteiger partial charge in [-0.25, -0.2) is 8.42 Å². The summed E-state index contributed by atoms with van der Waals surface area (Å²) in [4.78, 5) is 12.8. The monoisotopic (exact) mass is 489 g/mol. The molecule has 1 fully saturated rings. The summed E-state index contributed by atoms with van der Waals surface area (Å²) in [5, 5.41) is 6.78. The molecule has 2 N–H and O–H groups in total. The molecule has 11 heteroatoms. The predicted molar refractivity (Wildman–Crippen MR) is 126 cm³/mol. The number of benzene rings is 1. The minimum absolute atomic E-state index is 0.0410. The van der Waals surface area contributed by atoms with Crippen molar-refractivity contribution < 1.29 is 27.2 Å². The fraction of sp³-hybridized carbons (Fsp3) is 0.273. The van der Waals surface area contributed by atoms with Crippen LogP contribution in [-0.2, 0) is 14.8 Å². The molecule has 9 nitrogen and oxygen atoms in total. The van der Waals surface area contributed by atoms with Crippen molar-refractivity contribution in [2.45, 2.75) is 24.0 Å². The summed E-state index contributed by atoms with van der Waals surface area (Å²) in [5.74, 6) is 1.35. The van der Waals surface area contributed by atoms with E-state index in [-0.39, 0.29) is 16.0 Å². The highest BCUT2D eigenvalue weighted by Gasteiger charge is 2.30. The van der Waals surface area contributed by atoms with Crippen LogP contribution < -0.4 is 19.5 Å². The van der Waals surface area contributed by atoms with Gasteiger partial charge in [0.15, 0.2) is 5.76 Å². The van der Waals surface area contributed by atoms with E-state index in [1.807, 2.05) is 0 Å². The van der Waals surface area contributed by atoms with Crippen molar-refractivity contribution >= 4 is 50.8 Å². The number of methoxy groups -OCH3 is 2. The minimum atomic E-state index is -3.82. The number of carbonyl (C=O) groups is 1. The first-order valence-electron chi connectivity index (χ1n) is 10.1. The Balaban J connectivity index is 1.50. The molecule has 33 heavy (non-hydrogen) atoms. The topological polar surface area (TPSA) is 120 Å². The van der Waals surface area contributed by atoms with E-state index in [4.69, 9.17) is 14.0 Å². The first-order chi connectivity index (χ1) is 15.8. The maximum absolute atomic E-state index is 12.9. The quantitative estimate of drug-likeness (QED) is 0.458. The van der Waals surface area contributed by atoms with Crippen LogP contribution in [0.2, 0.25) is 0 Å². The van der Waals surface area contributed by atoms with Gasteiger partial charge in [-0.05, 0) is 44.1 Å². The van der Waals surface area contributed by atoms with Crippen molar-refractivity contribution in [3.63, 3.8) is 0 Å². The Hall–Kier alpha value is -3.31. The number of thiophene rings is 1. The molecule has 2 heterocycles. The molecule has 174 valence electrons. The number of carbonyl (C=O) groups excluding carboxylic acids is 1. The van der Waals surface area contributed by atoms with Crippen molar-refractivity contribution in [3.05, 3.63) is 46.7 Å². The first kappa shape index (κ1) is 22.9. The van der Waals surface area contributed by atoms with Crippen LogP contribution in [0.3, 0.4) is 0 Å². The molecule has 0 atom stereocenters. The van der Waals surface area contributed by atoms with Crippen LogP contribution in [-0.4, -0.2) is 33.7 Å². The van der Waals surface area contributed by atoms with E-state index >= 15 is 0 Å². The van der Waals surface area contributed by atoms with E-state index in [9.17, 15) is 13.2 Å². The lowest BCUT2D eigenvalue weighted by molar-refractivity contribution is -0.117. The smallest absolute Gasteiger partial charge is 0.271 e. The minimum Gasteiger partial charge on any atom is -0.497 e. The molecule has 3 aromatic rings. The highest BCUT2D eigenvalue weighted by atomic mass is 32.2. The summed E-state index contributed by atoms with van der Waals surface area (Å²) in [7, 11) is -0.838. The van der Waals surface area contributed by atoms with Gasteiger partial charge in [0.1, 0.15) is 27.1 Å². The second-order valence-corrected chi connectivity index (χ2v) is 10.5. The van der Waals surface area contributed by atoms with Gasteiger partial charge in [-0.2, -0.15) is 0 Å². The van der Waals surface area contributed by atoms with Crippen molar-refractivity contribution in [3.8, 4) is 11.5 Å². The Morgan fingerprint density at radius 3 is 2.48 bits per heavy atom. The van der Waals surface area contributed by atoms with Gasteiger partial charge in [0.05, 0.1) is 19.9 Å². The summed E-state index contributed by atoms with van der Waals surface area (Å²) >= 11 is 1.09. The molecule has 0 aliphatic heterocycles. The molecule has 1 aromatic carbocycles. The van der Waals surface area contributed by atoms with Gasteiger partial charge >= 0.3 is 0 Å². The fourth-order valence-corrected chi connectivity index (χ4v) is 5.29. The molecule has 0 saturated heterocycles. The second kappa shape index (κ2) is 9.28. The first-order valence-corrected chi connectivity index (χ1v) is 12.4. The second-order valence-electron chi connectivity index (χ2n) is 7.47. The molecular formula is C22H23N3O6S2. The van der Waals surface area contributed by atoms with E-state index in [2.05, 4.69) is 15.2 Å². The third kappa shape index (κ3) is 5.37. The Labute approximate surface area is 195 Å². The van der Waals surface area contributed by atoms with Gasteiger partial charge in [-0.15, -0.1) is 11.3 Å². The SMILES string of the molecule is COc1cc(NS(=O)(=O)c2ccc(/C=C/c3onc(C)c3NC(=O)C3CC3)s2)cc(OC)c1. The number of hydrogen-bond donors (Lipinski definition) is 2. The Bertz CT molecular complexity index is 1280. The summed E-state index contributed by atoms with van der Waals surface area (Å²) in [6.45, 7) is 1.75. The van der Waals surface area contributed by atoms with Crippen LogP contribution in [0, 0.1) is 12.8 Å². The fourth-order valence-electron chi connectivity index (χ4n) is 3.02. The lowest BCUT2D eigenvalue weighted by Gasteiger charge is -2.10. The van der Waals surface area contributed by atoms with Crippen LogP contribution in [0.25, 0.3) is 12.2 Å². The van der Waals surface area contributed by atoms with Crippen LogP contribution in [0.15, 0.2) is 39.1 Å². The van der Waals surface area contributed by atoms with Crippen molar-refractivity contribution in [2.75, 3.05) is 24.3 Å². The third-order valence-electron chi connectivity index (χ3n) is 4.96. The van der Waals surface area contributed by atoms with Gasteiger partial charge in [-0.3, -0.25) is 9.52 Å². The average Bonchev–Trinajstić information content (AvgIpc) is 3.44. The number of nitrogens with zero attached hydrogens (tertiary/aromatic N) is 1. The number of amides is 1. The number of aryl methyl sites for hydroxylation is 1. The standard InChI is InChI=1S/C22H23N3O6S2/c1-13-21(23-22(26)14-4-5-14)19(31-24-13)8-6-18-7-9-20(32-18)33(27,28)25-15-10-16(29-2)12-17(11-15)30-3/h6-12,14,25H,4-5H2,1-3H3,(H,23,26)/b8-6+. The van der Waals surface area contributed by atoms with Gasteiger partial charge in [0, 0.05) is 29.0 Å². The number of sulfonamides is 1. The molecule has 1 aliphatic rings. The summed E-state index contributed by atoms with van der Waals surface area (Å²) in [6, 6.07) is 7.99. The van der Waals surface area contributed by atoms with E-state index in [1.54, 1.807) is 43.3 Å². The number of hydrogen-bond acceptors (Lipinski definition) is 8. The maximum Gasteiger partial charge on any atom is 0.271 e. The Morgan fingerprint density at radius 1 is 1.15 bits per heavy atom. The summed E-state index contributed by atoms with van der Waals surface area (Å²) < 4.78 is 44.1. The zero-order valence-corrected chi connectivity index (χ0v) is 19.9. The lowest BCUT2D eigenvalue weighted by Crippen LogP contribution is -2.14. The molecule has 1 amide bonds.